The Morgan fingerprint density at radius 1 is 1.42 bits per heavy atom. The van der Waals surface area contributed by atoms with Crippen molar-refractivity contribution in [3.63, 3.8) is 0 Å². The summed E-state index contributed by atoms with van der Waals surface area (Å²) < 4.78 is 7.81. The maximum atomic E-state index is 12.7. The van der Waals surface area contributed by atoms with Crippen LogP contribution >= 0.6 is 0 Å². The molecule has 1 aliphatic heterocycles. The molecule has 1 aromatic carbocycles. The number of fused-ring (bicyclic) bond motifs is 2. The summed E-state index contributed by atoms with van der Waals surface area (Å²) in [5.74, 6) is 0.629. The molecule has 1 amide bonds. The number of nitrogens with one attached hydrogen (secondary N) is 2. The van der Waals surface area contributed by atoms with Crippen molar-refractivity contribution in [1.29, 1.82) is 0 Å². The van der Waals surface area contributed by atoms with Gasteiger partial charge in [-0.1, -0.05) is 12.1 Å². The van der Waals surface area contributed by atoms with Crippen molar-refractivity contribution < 1.29 is 9.53 Å². The van der Waals surface area contributed by atoms with E-state index in [4.69, 9.17) is 4.74 Å². The molecule has 3 aromatic rings. The second-order valence-corrected chi connectivity index (χ2v) is 6.97. The Morgan fingerprint density at radius 3 is 3.00 bits per heavy atom. The number of imidazole rings is 1. The molecular weight excluding hydrogens is 330 g/mol. The molecule has 3 heterocycles. The van der Waals surface area contributed by atoms with Gasteiger partial charge in [-0.25, -0.2) is 4.98 Å². The summed E-state index contributed by atoms with van der Waals surface area (Å²) in [6.07, 6.45) is 0.680. The van der Waals surface area contributed by atoms with Crippen LogP contribution in [-0.4, -0.2) is 31.8 Å². The van der Waals surface area contributed by atoms with E-state index in [0.717, 1.165) is 28.1 Å². The first-order chi connectivity index (χ1) is 12.5. The summed E-state index contributed by atoms with van der Waals surface area (Å²) in [6, 6.07) is 6.04. The molecule has 4 rings (SSSR count). The third-order valence-corrected chi connectivity index (χ3v) is 5.04. The Hall–Kier alpha value is -2.67. The fourth-order valence-corrected chi connectivity index (χ4v) is 3.78. The lowest BCUT2D eigenvalue weighted by molar-refractivity contribution is -0.00697. The van der Waals surface area contributed by atoms with Crippen LogP contribution in [0.25, 0.3) is 11.0 Å². The number of hydrogen-bond acceptors (Lipinski definition) is 4. The zero-order valence-electron chi connectivity index (χ0n) is 15.5. The number of ether oxygens (including phenoxy) is 1. The van der Waals surface area contributed by atoms with Crippen LogP contribution in [0.2, 0.25) is 0 Å². The van der Waals surface area contributed by atoms with E-state index in [9.17, 15) is 4.79 Å². The fourth-order valence-electron chi connectivity index (χ4n) is 3.78. The van der Waals surface area contributed by atoms with Crippen LogP contribution in [0, 0.1) is 6.92 Å². The molecule has 2 atom stereocenters. The van der Waals surface area contributed by atoms with E-state index >= 15 is 0 Å². The largest absolute Gasteiger partial charge is 0.369 e. The zero-order valence-corrected chi connectivity index (χ0v) is 15.5. The maximum Gasteiger partial charge on any atom is 0.272 e. The summed E-state index contributed by atoms with van der Waals surface area (Å²) in [7, 11) is 1.97. The van der Waals surface area contributed by atoms with Crippen molar-refractivity contribution in [3.8, 4) is 0 Å². The Balaban J connectivity index is 1.55. The minimum Gasteiger partial charge on any atom is -0.369 e. The van der Waals surface area contributed by atoms with Crippen LogP contribution in [-0.2, 0) is 24.8 Å². The van der Waals surface area contributed by atoms with Gasteiger partial charge >= 0.3 is 0 Å². The molecule has 0 spiro atoms. The number of H-pyrrole nitrogens is 1. The third-order valence-electron chi connectivity index (χ3n) is 5.04. The molecule has 7 heteroatoms. The molecule has 2 N–H and O–H groups in total. The highest BCUT2D eigenvalue weighted by molar-refractivity contribution is 5.94. The van der Waals surface area contributed by atoms with E-state index in [2.05, 4.69) is 33.5 Å². The van der Waals surface area contributed by atoms with E-state index < -0.39 is 0 Å². The van der Waals surface area contributed by atoms with Gasteiger partial charge in [0.15, 0.2) is 5.69 Å². The molecule has 2 aromatic heterocycles. The van der Waals surface area contributed by atoms with Gasteiger partial charge in [-0.2, -0.15) is 5.10 Å². The molecule has 0 aliphatic carbocycles. The van der Waals surface area contributed by atoms with Crippen molar-refractivity contribution in [2.45, 2.75) is 45.9 Å². The second-order valence-electron chi connectivity index (χ2n) is 6.97. The van der Waals surface area contributed by atoms with Crippen LogP contribution in [0.4, 0.5) is 0 Å². The molecule has 0 radical (unpaired) electrons. The van der Waals surface area contributed by atoms with Crippen molar-refractivity contribution in [2.24, 2.45) is 7.05 Å². The van der Waals surface area contributed by atoms with E-state index in [-0.39, 0.29) is 18.1 Å². The number of hydrogen-bond donors (Lipinski definition) is 2. The average Bonchev–Trinajstić information content (AvgIpc) is 3.15. The summed E-state index contributed by atoms with van der Waals surface area (Å²) in [6.45, 7) is 6.39. The predicted molar refractivity (Wildman–Crippen MR) is 97.9 cm³/mol. The number of aromatic amines is 1. The Bertz CT molecular complexity index is 987. The van der Waals surface area contributed by atoms with E-state index in [1.165, 1.54) is 5.56 Å². The number of para-hydroxylation sites is 1. The Morgan fingerprint density at radius 2 is 2.23 bits per heavy atom. The highest BCUT2D eigenvalue weighted by Gasteiger charge is 2.29. The molecule has 26 heavy (non-hydrogen) atoms. The number of amides is 1. The molecule has 136 valence electrons. The first-order valence-electron chi connectivity index (χ1n) is 8.87. The lowest BCUT2D eigenvalue weighted by Crippen LogP contribution is -2.28. The highest BCUT2D eigenvalue weighted by Crippen LogP contribution is 2.30. The summed E-state index contributed by atoms with van der Waals surface area (Å²) >= 11 is 0. The van der Waals surface area contributed by atoms with Gasteiger partial charge in [-0.05, 0) is 32.4 Å². The maximum absolute atomic E-state index is 12.7. The summed E-state index contributed by atoms with van der Waals surface area (Å²) in [5.41, 5.74) is 5.50. The van der Waals surface area contributed by atoms with Gasteiger partial charge in [-0.3, -0.25) is 9.89 Å². The number of rotatable bonds is 3. The number of aryl methyl sites for hydroxylation is 2. The number of carbonyl (C=O) groups excluding carboxylic acids is 1. The number of aromatic nitrogens is 4. The van der Waals surface area contributed by atoms with E-state index in [0.29, 0.717) is 18.7 Å². The van der Waals surface area contributed by atoms with Gasteiger partial charge < -0.3 is 14.6 Å². The van der Waals surface area contributed by atoms with E-state index in [1.807, 2.05) is 37.6 Å². The average molecular weight is 353 g/mol. The highest BCUT2D eigenvalue weighted by atomic mass is 16.5. The quantitative estimate of drug-likeness (QED) is 0.758. The molecule has 1 aliphatic rings. The normalized spacial score (nSPS) is 19.5. The molecule has 0 saturated carbocycles. The number of benzene rings is 1. The van der Waals surface area contributed by atoms with Crippen LogP contribution < -0.4 is 5.32 Å². The van der Waals surface area contributed by atoms with Crippen LogP contribution in [0.5, 0.6) is 0 Å². The lowest BCUT2D eigenvalue weighted by atomic mass is 9.99. The lowest BCUT2D eigenvalue weighted by Gasteiger charge is -2.25. The van der Waals surface area contributed by atoms with E-state index in [1.54, 1.807) is 0 Å². The number of carbonyl (C=O) groups is 1. The Kier molecular flexibility index (Phi) is 4.03. The third kappa shape index (κ3) is 2.68. The minimum atomic E-state index is -0.187. The molecule has 0 bridgehead atoms. The Labute approximate surface area is 151 Å². The summed E-state index contributed by atoms with van der Waals surface area (Å²) in [5, 5.41) is 10.1. The minimum absolute atomic E-state index is 0.0736. The van der Waals surface area contributed by atoms with Crippen LogP contribution in [0.3, 0.4) is 0 Å². The van der Waals surface area contributed by atoms with Crippen molar-refractivity contribution >= 4 is 16.9 Å². The predicted octanol–water partition coefficient (Wildman–Crippen LogP) is 2.56. The van der Waals surface area contributed by atoms with Crippen molar-refractivity contribution in [1.82, 2.24) is 25.1 Å². The fraction of sp³-hybridized carbons (Fsp3) is 0.421. The van der Waals surface area contributed by atoms with Crippen LogP contribution in [0.1, 0.15) is 53.1 Å². The first kappa shape index (κ1) is 16.8. The molecule has 0 saturated heterocycles. The SMILES string of the molecule is Cc1cccc2nc(CNC(=O)c3n[nH]c4c3C[C@@H](C)O[C@H]4C)n(C)c12. The molecule has 0 fully saturated rings. The van der Waals surface area contributed by atoms with Crippen molar-refractivity contribution in [3.05, 3.63) is 46.5 Å². The molecule has 7 nitrogen and oxygen atoms in total. The smallest absolute Gasteiger partial charge is 0.272 e. The standard InChI is InChI=1S/C19H23N5O2/c1-10-6-5-7-14-18(10)24(4)15(21-14)9-20-19(25)17-13-8-11(2)26-12(3)16(13)22-23-17/h5-7,11-12H,8-9H2,1-4H3,(H,20,25)(H,22,23)/t11-,12+/m1/s1. The topological polar surface area (TPSA) is 84.8 Å². The second kappa shape index (κ2) is 6.25. The van der Waals surface area contributed by atoms with Gasteiger partial charge in [0.05, 0.1) is 35.5 Å². The van der Waals surface area contributed by atoms with Gasteiger partial charge in [0.2, 0.25) is 0 Å². The van der Waals surface area contributed by atoms with Gasteiger partial charge in [0, 0.05) is 19.0 Å². The van der Waals surface area contributed by atoms with Gasteiger partial charge in [0.1, 0.15) is 5.82 Å². The monoisotopic (exact) mass is 353 g/mol. The summed E-state index contributed by atoms with van der Waals surface area (Å²) in [4.78, 5) is 17.3. The molecule has 0 unspecified atom stereocenters. The zero-order chi connectivity index (χ0) is 18.4. The first-order valence-corrected chi connectivity index (χ1v) is 8.87. The van der Waals surface area contributed by atoms with Crippen molar-refractivity contribution in [2.75, 3.05) is 0 Å². The van der Waals surface area contributed by atoms with Gasteiger partial charge in [-0.15, -0.1) is 0 Å². The van der Waals surface area contributed by atoms with Gasteiger partial charge in [0.25, 0.3) is 5.91 Å². The van der Waals surface area contributed by atoms with Crippen LogP contribution in [0.15, 0.2) is 18.2 Å². The molecular formula is C19H23N5O2. The number of nitrogens with zero attached hydrogens (tertiary/aromatic N) is 3.